The van der Waals surface area contributed by atoms with Gasteiger partial charge in [0.05, 0.1) is 12.1 Å². The third kappa shape index (κ3) is 3.23. The number of nitrogens with one attached hydrogen (secondary N) is 1. The number of carbonyl (C=O) groups excluding carboxylic acids is 1. The van der Waals surface area contributed by atoms with Gasteiger partial charge in [-0.05, 0) is 33.7 Å². The zero-order valence-electron chi connectivity index (χ0n) is 12.7. The second-order valence-electron chi connectivity index (χ2n) is 5.49. The zero-order chi connectivity index (χ0) is 15.6. The molecule has 0 spiro atoms. The number of halogens is 2. The monoisotopic (exact) mass is 300 g/mol. The highest BCUT2D eigenvalue weighted by Gasteiger charge is 2.29. The van der Waals surface area contributed by atoms with Crippen molar-refractivity contribution in [3.8, 4) is 0 Å². The number of alkyl halides is 2. The van der Waals surface area contributed by atoms with Crippen LogP contribution in [0.3, 0.4) is 0 Å². The Morgan fingerprint density at radius 1 is 1.48 bits per heavy atom. The van der Waals surface area contributed by atoms with Gasteiger partial charge in [-0.15, -0.1) is 0 Å². The minimum Gasteiger partial charge on any atom is -0.338 e. The summed E-state index contributed by atoms with van der Waals surface area (Å²) in [4.78, 5) is 14.3. The van der Waals surface area contributed by atoms with Crippen LogP contribution in [0.5, 0.6) is 0 Å². The molecule has 0 unspecified atom stereocenters. The SMILES string of the molecule is CNC[C@H]1CCCN1C(=O)Cc1c(C)nn(C(F)F)c1C. The molecule has 0 saturated carbocycles. The Morgan fingerprint density at radius 2 is 2.19 bits per heavy atom. The maximum Gasteiger partial charge on any atom is 0.333 e. The lowest BCUT2D eigenvalue weighted by molar-refractivity contribution is -0.131. The molecule has 5 nitrogen and oxygen atoms in total. The largest absolute Gasteiger partial charge is 0.338 e. The summed E-state index contributed by atoms with van der Waals surface area (Å²) in [5.41, 5.74) is 1.50. The first-order valence-corrected chi connectivity index (χ1v) is 7.22. The average molecular weight is 300 g/mol. The van der Waals surface area contributed by atoms with E-state index < -0.39 is 6.55 Å². The van der Waals surface area contributed by atoms with Crippen LogP contribution in [-0.2, 0) is 11.2 Å². The van der Waals surface area contributed by atoms with E-state index >= 15 is 0 Å². The smallest absolute Gasteiger partial charge is 0.333 e. The topological polar surface area (TPSA) is 50.2 Å². The molecule has 1 N–H and O–H groups in total. The van der Waals surface area contributed by atoms with E-state index in [1.165, 1.54) is 0 Å². The fourth-order valence-corrected chi connectivity index (χ4v) is 3.01. The highest BCUT2D eigenvalue weighted by Crippen LogP contribution is 2.22. The van der Waals surface area contributed by atoms with Crippen LogP contribution in [0.15, 0.2) is 0 Å². The molecular formula is C14H22F2N4O. The van der Waals surface area contributed by atoms with Gasteiger partial charge in [-0.1, -0.05) is 0 Å². The maximum atomic E-state index is 12.8. The van der Waals surface area contributed by atoms with Gasteiger partial charge in [0.15, 0.2) is 0 Å². The molecule has 118 valence electrons. The number of likely N-dealkylation sites (N-methyl/N-ethyl adjacent to an activating group) is 1. The summed E-state index contributed by atoms with van der Waals surface area (Å²) < 4.78 is 26.3. The van der Waals surface area contributed by atoms with Crippen molar-refractivity contribution >= 4 is 5.91 Å². The van der Waals surface area contributed by atoms with E-state index in [0.29, 0.717) is 21.6 Å². The van der Waals surface area contributed by atoms with E-state index in [9.17, 15) is 13.6 Å². The highest BCUT2D eigenvalue weighted by atomic mass is 19.3. The van der Waals surface area contributed by atoms with Crippen LogP contribution in [0, 0.1) is 13.8 Å². The predicted molar refractivity (Wildman–Crippen MR) is 75.3 cm³/mol. The molecule has 1 atom stereocenters. The van der Waals surface area contributed by atoms with Gasteiger partial charge in [0, 0.05) is 30.4 Å². The minimum atomic E-state index is -2.67. The minimum absolute atomic E-state index is 0.00670. The number of aryl methyl sites for hydroxylation is 1. The summed E-state index contributed by atoms with van der Waals surface area (Å²) in [5.74, 6) is -0.00670. The molecule has 1 fully saturated rings. The highest BCUT2D eigenvalue weighted by molar-refractivity contribution is 5.80. The molecule has 7 heteroatoms. The van der Waals surface area contributed by atoms with E-state index in [-0.39, 0.29) is 18.4 Å². The first-order valence-electron chi connectivity index (χ1n) is 7.22. The molecule has 0 aromatic carbocycles. The average Bonchev–Trinajstić information content (AvgIpc) is 2.98. The van der Waals surface area contributed by atoms with Gasteiger partial charge in [-0.3, -0.25) is 4.79 Å². The van der Waals surface area contributed by atoms with Crippen molar-refractivity contribution < 1.29 is 13.6 Å². The van der Waals surface area contributed by atoms with Crippen molar-refractivity contribution in [2.24, 2.45) is 0 Å². The lowest BCUT2D eigenvalue weighted by Crippen LogP contribution is -2.41. The standard InChI is InChI=1S/C14H22F2N4O/c1-9-12(10(2)20(18-9)14(15)16)7-13(21)19-6-4-5-11(19)8-17-3/h11,14,17H,4-8H2,1-3H3/t11-/m1/s1. The van der Waals surface area contributed by atoms with Gasteiger partial charge >= 0.3 is 6.55 Å². The molecule has 21 heavy (non-hydrogen) atoms. The Morgan fingerprint density at radius 3 is 2.76 bits per heavy atom. The van der Waals surface area contributed by atoms with Crippen molar-refractivity contribution in [1.82, 2.24) is 20.0 Å². The number of hydrogen-bond donors (Lipinski definition) is 1. The van der Waals surface area contributed by atoms with Crippen molar-refractivity contribution in [3.05, 3.63) is 17.0 Å². The van der Waals surface area contributed by atoms with Crippen LogP contribution in [0.25, 0.3) is 0 Å². The summed E-state index contributed by atoms with van der Waals surface area (Å²) in [7, 11) is 1.86. The number of likely N-dealkylation sites (tertiary alicyclic amines) is 1. The Hall–Kier alpha value is -1.50. The second-order valence-corrected chi connectivity index (χ2v) is 5.49. The third-order valence-electron chi connectivity index (χ3n) is 4.12. The van der Waals surface area contributed by atoms with Crippen molar-refractivity contribution in [2.75, 3.05) is 20.1 Å². The number of aromatic nitrogens is 2. The summed E-state index contributed by atoms with van der Waals surface area (Å²) in [6.45, 7) is 2.09. The normalized spacial score (nSPS) is 18.8. The van der Waals surface area contributed by atoms with Crippen molar-refractivity contribution in [1.29, 1.82) is 0 Å². The molecule has 0 aliphatic carbocycles. The quantitative estimate of drug-likeness (QED) is 0.899. The number of nitrogens with zero attached hydrogens (tertiary/aromatic N) is 3. The van der Waals surface area contributed by atoms with E-state index in [1.54, 1.807) is 13.8 Å². The lowest BCUT2D eigenvalue weighted by Gasteiger charge is -2.24. The maximum absolute atomic E-state index is 12.8. The van der Waals surface area contributed by atoms with Gasteiger partial charge in [-0.25, -0.2) is 4.68 Å². The number of amides is 1. The van der Waals surface area contributed by atoms with E-state index in [1.807, 2.05) is 11.9 Å². The molecule has 1 amide bonds. The van der Waals surface area contributed by atoms with Gasteiger partial charge in [0.1, 0.15) is 0 Å². The lowest BCUT2D eigenvalue weighted by atomic mass is 10.1. The molecule has 0 bridgehead atoms. The Bertz CT molecular complexity index is 515. The Labute approximate surface area is 123 Å². The molecule has 0 radical (unpaired) electrons. The molecule has 1 aromatic heterocycles. The van der Waals surface area contributed by atoms with Gasteiger partial charge in [0.2, 0.25) is 5.91 Å². The molecule has 1 aliphatic heterocycles. The van der Waals surface area contributed by atoms with Crippen molar-refractivity contribution in [2.45, 2.75) is 45.7 Å². The van der Waals surface area contributed by atoms with Crippen LogP contribution in [0.4, 0.5) is 8.78 Å². The zero-order valence-corrected chi connectivity index (χ0v) is 12.7. The van der Waals surface area contributed by atoms with Crippen LogP contribution >= 0.6 is 0 Å². The number of hydrogen-bond acceptors (Lipinski definition) is 3. The summed E-state index contributed by atoms with van der Waals surface area (Å²) >= 11 is 0. The molecule has 2 rings (SSSR count). The number of carbonyl (C=O) groups is 1. The number of rotatable bonds is 5. The molecule has 2 heterocycles. The van der Waals surface area contributed by atoms with E-state index in [2.05, 4.69) is 10.4 Å². The first-order chi connectivity index (χ1) is 9.95. The summed E-state index contributed by atoms with van der Waals surface area (Å²) in [5, 5.41) is 6.92. The first kappa shape index (κ1) is 15.9. The molecule has 1 aromatic rings. The van der Waals surface area contributed by atoms with Gasteiger partial charge < -0.3 is 10.2 Å². The van der Waals surface area contributed by atoms with Gasteiger partial charge in [0.25, 0.3) is 0 Å². The molecular weight excluding hydrogens is 278 g/mol. The Balaban J connectivity index is 2.13. The third-order valence-corrected chi connectivity index (χ3v) is 4.12. The fourth-order valence-electron chi connectivity index (χ4n) is 3.01. The van der Waals surface area contributed by atoms with Gasteiger partial charge in [-0.2, -0.15) is 13.9 Å². The van der Waals surface area contributed by atoms with Crippen LogP contribution in [0.1, 0.15) is 36.3 Å². The van der Waals surface area contributed by atoms with E-state index in [4.69, 9.17) is 0 Å². The molecule has 1 saturated heterocycles. The Kier molecular flexibility index (Phi) is 4.92. The van der Waals surface area contributed by atoms with Crippen LogP contribution in [-0.4, -0.2) is 46.8 Å². The molecule has 1 aliphatic rings. The van der Waals surface area contributed by atoms with Crippen LogP contribution in [0.2, 0.25) is 0 Å². The predicted octanol–water partition coefficient (Wildman–Crippen LogP) is 1.65. The van der Waals surface area contributed by atoms with Crippen LogP contribution < -0.4 is 5.32 Å². The summed E-state index contributed by atoms with van der Waals surface area (Å²) in [6.07, 6.45) is 2.12. The fraction of sp³-hybridized carbons (Fsp3) is 0.714. The summed E-state index contributed by atoms with van der Waals surface area (Å²) in [6, 6.07) is 0.202. The second kappa shape index (κ2) is 6.51. The van der Waals surface area contributed by atoms with Crippen molar-refractivity contribution in [3.63, 3.8) is 0 Å². The van der Waals surface area contributed by atoms with E-state index in [0.717, 1.165) is 25.9 Å².